The first kappa shape index (κ1) is 19.4. The molecule has 0 bridgehead atoms. The SMILES string of the molecule is Cc1cc(C(=O)NCCCN(C)C)nc(Nc2cccc(Cl)c2Cl)n1. The number of aryl methyl sites for hydroxylation is 1. The number of hydrogen-bond donors (Lipinski definition) is 2. The normalized spacial score (nSPS) is 10.8. The van der Waals surface area contributed by atoms with Crippen molar-refractivity contribution < 1.29 is 4.79 Å². The summed E-state index contributed by atoms with van der Waals surface area (Å²) in [7, 11) is 3.99. The lowest BCUT2D eigenvalue weighted by molar-refractivity contribution is 0.0947. The zero-order valence-corrected chi connectivity index (χ0v) is 15.9. The summed E-state index contributed by atoms with van der Waals surface area (Å²) in [5.41, 5.74) is 1.56. The van der Waals surface area contributed by atoms with Crippen molar-refractivity contribution >= 4 is 40.7 Å². The number of carbonyl (C=O) groups excluding carboxylic acids is 1. The van der Waals surface area contributed by atoms with Crippen molar-refractivity contribution in [3.63, 3.8) is 0 Å². The molecular weight excluding hydrogens is 361 g/mol. The van der Waals surface area contributed by atoms with Crippen LogP contribution >= 0.6 is 23.2 Å². The minimum atomic E-state index is -0.232. The minimum absolute atomic E-state index is 0.232. The number of rotatable bonds is 7. The Morgan fingerprint density at radius 3 is 2.72 bits per heavy atom. The van der Waals surface area contributed by atoms with Crippen LogP contribution < -0.4 is 10.6 Å². The van der Waals surface area contributed by atoms with E-state index in [1.807, 2.05) is 14.1 Å². The number of anilines is 2. The van der Waals surface area contributed by atoms with Crippen LogP contribution in [0.2, 0.25) is 10.0 Å². The Labute approximate surface area is 157 Å². The average molecular weight is 382 g/mol. The molecule has 0 saturated heterocycles. The molecule has 2 N–H and O–H groups in total. The molecule has 25 heavy (non-hydrogen) atoms. The standard InChI is InChI=1S/C17H21Cl2N5O/c1-11-10-14(16(25)20-8-5-9-24(2)3)23-17(21-11)22-13-7-4-6-12(18)15(13)19/h4,6-7,10H,5,8-9H2,1-3H3,(H,20,25)(H,21,22,23). The van der Waals surface area contributed by atoms with Gasteiger partial charge in [-0.3, -0.25) is 4.79 Å². The van der Waals surface area contributed by atoms with Crippen molar-refractivity contribution in [2.45, 2.75) is 13.3 Å². The molecule has 0 aliphatic carbocycles. The van der Waals surface area contributed by atoms with Gasteiger partial charge in [0, 0.05) is 12.2 Å². The lowest BCUT2D eigenvalue weighted by Gasteiger charge is -2.11. The highest BCUT2D eigenvalue weighted by Crippen LogP contribution is 2.30. The summed E-state index contributed by atoms with van der Waals surface area (Å²) in [5.74, 6) is 0.0621. The van der Waals surface area contributed by atoms with Gasteiger partial charge >= 0.3 is 0 Å². The summed E-state index contributed by atoms with van der Waals surface area (Å²) in [6.07, 6.45) is 0.867. The van der Waals surface area contributed by atoms with E-state index in [-0.39, 0.29) is 5.91 Å². The average Bonchev–Trinajstić information content (AvgIpc) is 2.55. The van der Waals surface area contributed by atoms with Crippen LogP contribution in [-0.4, -0.2) is 48.0 Å². The third-order valence-electron chi connectivity index (χ3n) is 3.35. The highest BCUT2D eigenvalue weighted by atomic mass is 35.5. The van der Waals surface area contributed by atoms with Crippen molar-refractivity contribution in [2.24, 2.45) is 0 Å². The number of carbonyl (C=O) groups is 1. The Balaban J connectivity index is 2.09. The van der Waals surface area contributed by atoms with E-state index < -0.39 is 0 Å². The molecule has 1 heterocycles. The maximum atomic E-state index is 12.3. The first-order valence-electron chi connectivity index (χ1n) is 7.86. The van der Waals surface area contributed by atoms with Crippen LogP contribution in [-0.2, 0) is 0 Å². The lowest BCUT2D eigenvalue weighted by Crippen LogP contribution is -2.28. The molecule has 6 nitrogen and oxygen atoms in total. The van der Waals surface area contributed by atoms with Gasteiger partial charge in [-0.1, -0.05) is 29.3 Å². The Kier molecular flexibility index (Phi) is 6.99. The van der Waals surface area contributed by atoms with Gasteiger partial charge in [0.15, 0.2) is 0 Å². The molecule has 0 radical (unpaired) electrons. The number of aromatic nitrogens is 2. The van der Waals surface area contributed by atoms with Crippen molar-refractivity contribution in [1.82, 2.24) is 20.2 Å². The summed E-state index contributed by atoms with van der Waals surface area (Å²) >= 11 is 12.2. The number of benzene rings is 1. The highest BCUT2D eigenvalue weighted by molar-refractivity contribution is 6.43. The predicted molar refractivity (Wildman–Crippen MR) is 102 cm³/mol. The Bertz CT molecular complexity index is 752. The fraction of sp³-hybridized carbons (Fsp3) is 0.353. The zero-order valence-electron chi connectivity index (χ0n) is 14.4. The predicted octanol–water partition coefficient (Wildman–Crippen LogP) is 3.52. The first-order chi connectivity index (χ1) is 11.9. The zero-order chi connectivity index (χ0) is 18.4. The molecule has 1 aromatic heterocycles. The molecule has 0 aliphatic rings. The van der Waals surface area contributed by atoms with Gasteiger partial charge in [-0.25, -0.2) is 9.97 Å². The summed E-state index contributed by atoms with van der Waals surface area (Å²) in [6.45, 7) is 3.29. The van der Waals surface area contributed by atoms with Gasteiger partial charge in [0.05, 0.1) is 15.7 Å². The number of halogens is 2. The lowest BCUT2D eigenvalue weighted by atomic mass is 10.3. The van der Waals surface area contributed by atoms with E-state index in [1.165, 1.54) is 0 Å². The number of amides is 1. The third kappa shape index (κ3) is 5.85. The van der Waals surface area contributed by atoms with Crippen LogP contribution in [0.4, 0.5) is 11.6 Å². The number of nitrogens with zero attached hydrogens (tertiary/aromatic N) is 3. The van der Waals surface area contributed by atoms with Crippen LogP contribution in [0.5, 0.6) is 0 Å². The maximum absolute atomic E-state index is 12.3. The maximum Gasteiger partial charge on any atom is 0.270 e. The van der Waals surface area contributed by atoms with Crippen molar-refractivity contribution in [3.8, 4) is 0 Å². The summed E-state index contributed by atoms with van der Waals surface area (Å²) in [6, 6.07) is 6.87. The van der Waals surface area contributed by atoms with Crippen LogP contribution in [0, 0.1) is 6.92 Å². The summed E-state index contributed by atoms with van der Waals surface area (Å²) in [5, 5.41) is 6.68. The molecule has 0 unspecified atom stereocenters. The van der Waals surface area contributed by atoms with Crippen molar-refractivity contribution in [2.75, 3.05) is 32.5 Å². The van der Waals surface area contributed by atoms with E-state index >= 15 is 0 Å². The van der Waals surface area contributed by atoms with Gasteiger partial charge < -0.3 is 15.5 Å². The molecule has 8 heteroatoms. The fourth-order valence-corrected chi connectivity index (χ4v) is 2.50. The van der Waals surface area contributed by atoms with E-state index in [1.54, 1.807) is 31.2 Å². The second-order valence-corrected chi connectivity index (χ2v) is 6.64. The molecule has 0 atom stereocenters. The van der Waals surface area contributed by atoms with Gasteiger partial charge in [-0.15, -0.1) is 0 Å². The van der Waals surface area contributed by atoms with E-state index in [0.29, 0.717) is 39.6 Å². The Morgan fingerprint density at radius 2 is 2.00 bits per heavy atom. The van der Waals surface area contributed by atoms with Crippen LogP contribution in [0.25, 0.3) is 0 Å². The van der Waals surface area contributed by atoms with Crippen LogP contribution in [0.1, 0.15) is 22.6 Å². The first-order valence-corrected chi connectivity index (χ1v) is 8.62. The summed E-state index contributed by atoms with van der Waals surface area (Å²) in [4.78, 5) is 22.9. The number of nitrogens with one attached hydrogen (secondary N) is 2. The van der Waals surface area contributed by atoms with Gasteiger partial charge in [0.1, 0.15) is 5.69 Å². The van der Waals surface area contributed by atoms with Crippen molar-refractivity contribution in [1.29, 1.82) is 0 Å². The highest BCUT2D eigenvalue weighted by Gasteiger charge is 2.12. The minimum Gasteiger partial charge on any atom is -0.351 e. The van der Waals surface area contributed by atoms with E-state index in [9.17, 15) is 4.79 Å². The monoisotopic (exact) mass is 381 g/mol. The summed E-state index contributed by atoms with van der Waals surface area (Å²) < 4.78 is 0. The quantitative estimate of drug-likeness (QED) is 0.718. The van der Waals surface area contributed by atoms with Crippen LogP contribution in [0.15, 0.2) is 24.3 Å². The smallest absolute Gasteiger partial charge is 0.270 e. The number of hydrogen-bond acceptors (Lipinski definition) is 5. The molecular formula is C17H21Cl2N5O. The van der Waals surface area contributed by atoms with Crippen molar-refractivity contribution in [3.05, 3.63) is 45.7 Å². The molecule has 2 rings (SSSR count). The molecule has 0 aliphatic heterocycles. The van der Waals surface area contributed by atoms with E-state index in [2.05, 4.69) is 25.5 Å². The second-order valence-electron chi connectivity index (χ2n) is 5.86. The third-order valence-corrected chi connectivity index (χ3v) is 4.17. The topological polar surface area (TPSA) is 70.2 Å². The molecule has 1 amide bonds. The van der Waals surface area contributed by atoms with Gasteiger partial charge in [0.2, 0.25) is 5.95 Å². The molecule has 1 aromatic carbocycles. The second kappa shape index (κ2) is 8.99. The van der Waals surface area contributed by atoms with Gasteiger partial charge in [0.25, 0.3) is 5.91 Å². The Hall–Kier alpha value is -1.89. The molecule has 0 spiro atoms. The van der Waals surface area contributed by atoms with Gasteiger partial charge in [-0.05, 0) is 52.2 Å². The van der Waals surface area contributed by atoms with Crippen LogP contribution in [0.3, 0.4) is 0 Å². The molecule has 0 fully saturated rings. The van der Waals surface area contributed by atoms with Gasteiger partial charge in [-0.2, -0.15) is 0 Å². The molecule has 134 valence electrons. The molecule has 0 saturated carbocycles. The Morgan fingerprint density at radius 1 is 1.24 bits per heavy atom. The van der Waals surface area contributed by atoms with E-state index in [4.69, 9.17) is 23.2 Å². The largest absolute Gasteiger partial charge is 0.351 e. The molecule has 2 aromatic rings. The van der Waals surface area contributed by atoms with E-state index in [0.717, 1.165) is 13.0 Å². The fourth-order valence-electron chi connectivity index (χ4n) is 2.15.